The SMILES string of the molecule is CCCCCCCC[N+](CCC)(CCC)c1cccc2ccccc12.[Cl-]. The van der Waals surface area contributed by atoms with Crippen molar-refractivity contribution in [1.82, 2.24) is 4.48 Å². The van der Waals surface area contributed by atoms with Crippen LogP contribution in [0.3, 0.4) is 0 Å². The second-order valence-electron chi connectivity index (χ2n) is 7.58. The molecule has 2 heteroatoms. The number of halogens is 1. The Labute approximate surface area is 167 Å². The number of benzene rings is 2. The molecule has 0 fully saturated rings. The van der Waals surface area contributed by atoms with Gasteiger partial charge in [-0.2, -0.15) is 0 Å². The Hall–Kier alpha value is -1.05. The van der Waals surface area contributed by atoms with E-state index >= 15 is 0 Å². The standard InChI is InChI=1S/C24H38N.ClH/c1-4-7-8-9-10-13-21-25(19-5-2,20-6-3)24-18-14-16-22-15-11-12-17-23(22)24;/h11-12,14-18H,4-10,13,19-21H2,1-3H3;1H/q+1;/p-1. The van der Waals surface area contributed by atoms with E-state index in [1.165, 1.54) is 86.3 Å². The molecule has 146 valence electrons. The number of hydrogen-bond acceptors (Lipinski definition) is 0. The van der Waals surface area contributed by atoms with Gasteiger partial charge >= 0.3 is 0 Å². The smallest absolute Gasteiger partial charge is 0.140 e. The van der Waals surface area contributed by atoms with Crippen molar-refractivity contribution in [1.29, 1.82) is 0 Å². The van der Waals surface area contributed by atoms with Crippen molar-refractivity contribution in [3.63, 3.8) is 0 Å². The van der Waals surface area contributed by atoms with Crippen molar-refractivity contribution in [2.45, 2.75) is 72.1 Å². The number of hydrogen-bond donors (Lipinski definition) is 0. The number of nitrogens with zero attached hydrogens (tertiary/aromatic N) is 1. The zero-order chi connectivity index (χ0) is 18.0. The maximum atomic E-state index is 2.39. The quantitative estimate of drug-likeness (QED) is 0.382. The lowest BCUT2D eigenvalue weighted by atomic mass is 10.0. The first kappa shape index (κ1) is 23.0. The van der Waals surface area contributed by atoms with Crippen molar-refractivity contribution in [2.75, 3.05) is 19.6 Å². The molecule has 0 aliphatic rings. The summed E-state index contributed by atoms with van der Waals surface area (Å²) >= 11 is 0. The average Bonchev–Trinajstić information content (AvgIpc) is 2.64. The van der Waals surface area contributed by atoms with Gasteiger partial charge in [-0.15, -0.1) is 0 Å². The molecule has 0 aliphatic heterocycles. The van der Waals surface area contributed by atoms with Crippen LogP contribution >= 0.6 is 0 Å². The number of fused-ring (bicyclic) bond motifs is 1. The summed E-state index contributed by atoms with van der Waals surface area (Å²) in [4.78, 5) is 0. The highest BCUT2D eigenvalue weighted by Gasteiger charge is 2.29. The lowest BCUT2D eigenvalue weighted by Crippen LogP contribution is -3.00. The Bertz CT molecular complexity index is 611. The Morgan fingerprint density at radius 3 is 1.92 bits per heavy atom. The van der Waals surface area contributed by atoms with Gasteiger partial charge in [0.05, 0.1) is 19.6 Å². The number of quaternary nitrogens is 1. The molecule has 0 spiro atoms. The van der Waals surface area contributed by atoms with Crippen molar-refractivity contribution in [3.8, 4) is 0 Å². The lowest BCUT2D eigenvalue weighted by Gasteiger charge is -2.39. The van der Waals surface area contributed by atoms with Crippen LogP contribution in [0.2, 0.25) is 0 Å². The van der Waals surface area contributed by atoms with Crippen molar-refractivity contribution < 1.29 is 12.4 Å². The molecule has 0 N–H and O–H groups in total. The number of unbranched alkanes of at least 4 members (excludes halogenated alkanes) is 5. The predicted octanol–water partition coefficient (Wildman–Crippen LogP) is 4.33. The largest absolute Gasteiger partial charge is 1.00 e. The third-order valence-corrected chi connectivity index (χ3v) is 5.52. The normalized spacial score (nSPS) is 11.5. The van der Waals surface area contributed by atoms with Crippen molar-refractivity contribution >= 4 is 16.5 Å². The molecule has 1 nitrogen and oxygen atoms in total. The van der Waals surface area contributed by atoms with Crippen molar-refractivity contribution in [2.24, 2.45) is 0 Å². The van der Waals surface area contributed by atoms with Gasteiger partial charge in [0.25, 0.3) is 0 Å². The van der Waals surface area contributed by atoms with E-state index in [0.717, 1.165) is 0 Å². The van der Waals surface area contributed by atoms with Crippen molar-refractivity contribution in [3.05, 3.63) is 42.5 Å². The molecule has 0 unspecified atom stereocenters. The van der Waals surface area contributed by atoms with Gasteiger partial charge < -0.3 is 12.4 Å². The highest BCUT2D eigenvalue weighted by Crippen LogP contribution is 2.33. The molecule has 0 saturated heterocycles. The second kappa shape index (κ2) is 12.4. The van der Waals surface area contributed by atoms with Crippen LogP contribution in [0.25, 0.3) is 10.8 Å². The minimum Gasteiger partial charge on any atom is -1.00 e. The Morgan fingerprint density at radius 1 is 0.615 bits per heavy atom. The molecule has 0 radical (unpaired) electrons. The highest BCUT2D eigenvalue weighted by molar-refractivity contribution is 5.93. The molecule has 26 heavy (non-hydrogen) atoms. The highest BCUT2D eigenvalue weighted by atomic mass is 35.5. The van der Waals surface area contributed by atoms with Crippen LogP contribution < -0.4 is 16.9 Å². The third kappa shape index (κ3) is 5.99. The molecule has 0 saturated carbocycles. The van der Waals surface area contributed by atoms with E-state index in [1.54, 1.807) is 5.69 Å². The topological polar surface area (TPSA) is 0 Å². The first-order valence-corrected chi connectivity index (χ1v) is 10.6. The minimum absolute atomic E-state index is 0. The summed E-state index contributed by atoms with van der Waals surface area (Å²) in [6, 6.07) is 15.9. The van der Waals surface area contributed by atoms with Crippen LogP contribution in [-0.2, 0) is 0 Å². The van der Waals surface area contributed by atoms with Gasteiger partial charge in [-0.3, -0.25) is 4.48 Å². The van der Waals surface area contributed by atoms with Gasteiger partial charge in [0.1, 0.15) is 5.69 Å². The number of rotatable bonds is 12. The van der Waals surface area contributed by atoms with E-state index in [0.29, 0.717) is 0 Å². The van der Waals surface area contributed by atoms with Gasteiger partial charge in [0.15, 0.2) is 0 Å². The summed E-state index contributed by atoms with van der Waals surface area (Å²) in [5, 5.41) is 2.84. The van der Waals surface area contributed by atoms with Crippen LogP contribution in [-0.4, -0.2) is 19.6 Å². The monoisotopic (exact) mass is 375 g/mol. The summed E-state index contributed by atoms with van der Waals surface area (Å²) < 4.78 is 1.17. The van der Waals surface area contributed by atoms with Crippen LogP contribution in [0.4, 0.5) is 5.69 Å². The molecular formula is C24H38ClN. The maximum absolute atomic E-state index is 2.39. The first-order valence-electron chi connectivity index (χ1n) is 10.6. The zero-order valence-corrected chi connectivity index (χ0v) is 17.9. The van der Waals surface area contributed by atoms with Gasteiger partial charge in [-0.25, -0.2) is 0 Å². The first-order chi connectivity index (χ1) is 12.3. The van der Waals surface area contributed by atoms with Gasteiger partial charge in [-0.1, -0.05) is 76.8 Å². The predicted molar refractivity (Wildman–Crippen MR) is 114 cm³/mol. The third-order valence-electron chi connectivity index (χ3n) is 5.52. The summed E-state index contributed by atoms with van der Waals surface area (Å²) in [6.45, 7) is 10.8. The van der Waals surface area contributed by atoms with Crippen LogP contribution in [0.5, 0.6) is 0 Å². The average molecular weight is 376 g/mol. The Kier molecular flexibility index (Phi) is 10.9. The molecule has 0 amide bonds. The zero-order valence-electron chi connectivity index (χ0n) is 17.1. The molecule has 2 rings (SSSR count). The molecule has 2 aromatic carbocycles. The molecule has 0 atom stereocenters. The lowest BCUT2D eigenvalue weighted by molar-refractivity contribution is -0.00000537. The second-order valence-corrected chi connectivity index (χ2v) is 7.58. The fourth-order valence-electron chi connectivity index (χ4n) is 4.37. The summed E-state index contributed by atoms with van der Waals surface area (Å²) in [6.07, 6.45) is 10.8. The fourth-order valence-corrected chi connectivity index (χ4v) is 4.37. The van der Waals surface area contributed by atoms with E-state index < -0.39 is 0 Å². The van der Waals surface area contributed by atoms with Crippen LogP contribution in [0.15, 0.2) is 42.5 Å². The summed E-state index contributed by atoms with van der Waals surface area (Å²) in [7, 11) is 0. The maximum Gasteiger partial charge on any atom is 0.140 e. The van der Waals surface area contributed by atoms with Crippen LogP contribution in [0, 0.1) is 0 Å². The van der Waals surface area contributed by atoms with E-state index in [2.05, 4.69) is 63.2 Å². The van der Waals surface area contributed by atoms with Gasteiger partial charge in [-0.05, 0) is 43.2 Å². The summed E-state index contributed by atoms with van der Waals surface area (Å²) in [5.41, 5.74) is 1.55. The Morgan fingerprint density at radius 2 is 1.23 bits per heavy atom. The minimum atomic E-state index is 0. The van der Waals surface area contributed by atoms with E-state index in [1.807, 2.05) is 0 Å². The van der Waals surface area contributed by atoms with E-state index in [4.69, 9.17) is 0 Å². The van der Waals surface area contributed by atoms with Gasteiger partial charge in [0.2, 0.25) is 0 Å². The fraction of sp³-hybridized carbons (Fsp3) is 0.583. The molecule has 0 aromatic heterocycles. The molecule has 2 aromatic rings. The Balaban J connectivity index is 0.00000338. The molecule has 0 heterocycles. The molecular weight excluding hydrogens is 338 g/mol. The van der Waals surface area contributed by atoms with E-state index in [-0.39, 0.29) is 12.4 Å². The van der Waals surface area contributed by atoms with Crippen LogP contribution in [0.1, 0.15) is 72.1 Å². The summed E-state index contributed by atoms with van der Waals surface area (Å²) in [5.74, 6) is 0. The molecule has 0 bridgehead atoms. The molecule has 0 aliphatic carbocycles. The van der Waals surface area contributed by atoms with Gasteiger partial charge in [0, 0.05) is 5.39 Å². The van der Waals surface area contributed by atoms with E-state index in [9.17, 15) is 0 Å².